The molecule has 110 valence electrons. The molecule has 0 aromatic carbocycles. The second-order valence-corrected chi connectivity index (χ2v) is 7.20. The van der Waals surface area contributed by atoms with Crippen LogP contribution in [0.4, 0.5) is 0 Å². The van der Waals surface area contributed by atoms with Crippen molar-refractivity contribution in [1.82, 2.24) is 14.8 Å². The summed E-state index contributed by atoms with van der Waals surface area (Å²) in [5, 5.41) is 0. The van der Waals surface area contributed by atoms with Crippen LogP contribution in [0.25, 0.3) is 0 Å². The Labute approximate surface area is 127 Å². The predicted octanol–water partition coefficient (Wildman–Crippen LogP) is 0.919. The van der Waals surface area contributed by atoms with Gasteiger partial charge in [0, 0.05) is 55.3 Å². The second kappa shape index (κ2) is 6.89. The van der Waals surface area contributed by atoms with Crippen molar-refractivity contribution in [2.75, 3.05) is 44.3 Å². The van der Waals surface area contributed by atoms with Gasteiger partial charge >= 0.3 is 0 Å². The van der Waals surface area contributed by atoms with E-state index in [4.69, 9.17) is 4.74 Å². The Morgan fingerprint density at radius 2 is 2.25 bits per heavy atom. The van der Waals surface area contributed by atoms with Crippen LogP contribution in [0.5, 0.6) is 0 Å². The van der Waals surface area contributed by atoms with Crippen molar-refractivity contribution < 1.29 is 9.53 Å². The number of aromatic nitrogens is 1. The van der Waals surface area contributed by atoms with E-state index in [2.05, 4.69) is 9.88 Å². The summed E-state index contributed by atoms with van der Waals surface area (Å²) in [6, 6.07) is 0. The number of rotatable bonds is 3. The van der Waals surface area contributed by atoms with Crippen molar-refractivity contribution in [1.29, 1.82) is 0 Å². The zero-order chi connectivity index (χ0) is 13.8. The average Bonchev–Trinajstić information content (AvgIpc) is 3.01. The lowest BCUT2D eigenvalue weighted by molar-refractivity contribution is -0.149. The van der Waals surface area contributed by atoms with Crippen molar-refractivity contribution in [3.63, 3.8) is 0 Å². The number of amides is 1. The van der Waals surface area contributed by atoms with Crippen molar-refractivity contribution >= 4 is 29.0 Å². The van der Waals surface area contributed by atoms with Crippen LogP contribution in [0, 0.1) is 0 Å². The van der Waals surface area contributed by atoms with E-state index < -0.39 is 0 Å². The van der Waals surface area contributed by atoms with E-state index in [0.29, 0.717) is 13.2 Å². The number of hydrogen-bond donors (Lipinski definition) is 0. The third-order valence-electron chi connectivity index (χ3n) is 3.61. The van der Waals surface area contributed by atoms with Gasteiger partial charge in [-0.1, -0.05) is 0 Å². The number of thioether (sulfide) groups is 1. The maximum absolute atomic E-state index is 12.5. The Balaban J connectivity index is 1.55. The third-order valence-corrected chi connectivity index (χ3v) is 5.32. The third kappa shape index (κ3) is 3.52. The highest BCUT2D eigenvalue weighted by Gasteiger charge is 2.30. The summed E-state index contributed by atoms with van der Waals surface area (Å²) in [7, 11) is 0. The molecule has 3 heterocycles. The van der Waals surface area contributed by atoms with Crippen LogP contribution in [0.3, 0.4) is 0 Å². The van der Waals surface area contributed by atoms with Crippen LogP contribution in [0.1, 0.15) is 4.88 Å². The van der Waals surface area contributed by atoms with Gasteiger partial charge in [0.05, 0.1) is 12.1 Å². The first-order valence-corrected chi connectivity index (χ1v) is 8.94. The largest absolute Gasteiger partial charge is 0.366 e. The van der Waals surface area contributed by atoms with Gasteiger partial charge in [-0.2, -0.15) is 11.8 Å². The quantitative estimate of drug-likeness (QED) is 0.830. The molecule has 1 unspecified atom stereocenters. The molecule has 1 aromatic rings. The Bertz CT molecular complexity index is 435. The van der Waals surface area contributed by atoms with Gasteiger partial charge in [-0.15, -0.1) is 11.3 Å². The van der Waals surface area contributed by atoms with Gasteiger partial charge in [-0.25, -0.2) is 0 Å². The van der Waals surface area contributed by atoms with E-state index in [1.807, 2.05) is 28.4 Å². The van der Waals surface area contributed by atoms with Crippen molar-refractivity contribution in [2.24, 2.45) is 0 Å². The molecule has 0 aliphatic carbocycles. The summed E-state index contributed by atoms with van der Waals surface area (Å²) < 4.78 is 5.69. The Morgan fingerprint density at radius 3 is 3.00 bits per heavy atom. The molecule has 0 spiro atoms. The molecule has 2 aliphatic rings. The standard InChI is InChI=1S/C13H19N3O2S2/c17-13(16-2-5-19-6-3-16)12-9-15(1-4-18-12)8-11-7-14-10-20-11/h7,10,12H,1-6,8-9H2. The lowest BCUT2D eigenvalue weighted by atomic mass is 10.2. The number of thiazole rings is 1. The first-order chi connectivity index (χ1) is 9.83. The van der Waals surface area contributed by atoms with Crippen molar-refractivity contribution in [3.05, 3.63) is 16.6 Å². The van der Waals surface area contributed by atoms with E-state index in [1.54, 1.807) is 11.3 Å². The van der Waals surface area contributed by atoms with Crippen LogP contribution in [0.2, 0.25) is 0 Å². The zero-order valence-corrected chi connectivity index (χ0v) is 13.0. The summed E-state index contributed by atoms with van der Waals surface area (Å²) in [5.74, 6) is 2.26. The minimum Gasteiger partial charge on any atom is -0.366 e. The summed E-state index contributed by atoms with van der Waals surface area (Å²) in [4.78, 5) is 22.0. The average molecular weight is 313 g/mol. The fourth-order valence-electron chi connectivity index (χ4n) is 2.52. The van der Waals surface area contributed by atoms with Crippen LogP contribution in [-0.4, -0.2) is 71.1 Å². The number of nitrogens with zero attached hydrogens (tertiary/aromatic N) is 3. The van der Waals surface area contributed by atoms with Gasteiger partial charge in [0.2, 0.25) is 0 Å². The number of morpholine rings is 1. The molecule has 7 heteroatoms. The smallest absolute Gasteiger partial charge is 0.253 e. The monoisotopic (exact) mass is 313 g/mol. The van der Waals surface area contributed by atoms with Gasteiger partial charge < -0.3 is 9.64 Å². The molecule has 0 saturated carbocycles. The van der Waals surface area contributed by atoms with Gasteiger partial charge in [-0.05, 0) is 0 Å². The van der Waals surface area contributed by atoms with Crippen LogP contribution in [0.15, 0.2) is 11.7 Å². The number of ether oxygens (including phenoxy) is 1. The van der Waals surface area contributed by atoms with Gasteiger partial charge in [0.15, 0.2) is 0 Å². The molecule has 3 rings (SSSR count). The van der Waals surface area contributed by atoms with Crippen LogP contribution < -0.4 is 0 Å². The summed E-state index contributed by atoms with van der Waals surface area (Å²) in [6.45, 7) is 4.81. The summed E-state index contributed by atoms with van der Waals surface area (Å²) in [6.07, 6.45) is 1.61. The Kier molecular flexibility index (Phi) is 4.93. The summed E-state index contributed by atoms with van der Waals surface area (Å²) in [5.41, 5.74) is 1.85. The number of hydrogen-bond acceptors (Lipinski definition) is 6. The van der Waals surface area contributed by atoms with Gasteiger partial charge in [0.25, 0.3) is 5.91 Å². The van der Waals surface area contributed by atoms with Crippen molar-refractivity contribution in [3.8, 4) is 0 Å². The highest BCUT2D eigenvalue weighted by molar-refractivity contribution is 7.99. The number of carbonyl (C=O) groups is 1. The molecule has 0 radical (unpaired) electrons. The minimum atomic E-state index is -0.292. The Morgan fingerprint density at radius 1 is 1.40 bits per heavy atom. The van der Waals surface area contributed by atoms with Crippen molar-refractivity contribution in [2.45, 2.75) is 12.6 Å². The minimum absolute atomic E-state index is 0.166. The molecule has 1 amide bonds. The lowest BCUT2D eigenvalue weighted by Gasteiger charge is -2.35. The topological polar surface area (TPSA) is 45.7 Å². The second-order valence-electron chi connectivity index (χ2n) is 5.00. The van der Waals surface area contributed by atoms with E-state index in [9.17, 15) is 4.79 Å². The molecular weight excluding hydrogens is 294 g/mol. The Hall–Kier alpha value is -0.630. The molecular formula is C13H19N3O2S2. The fourth-order valence-corrected chi connectivity index (χ4v) is 4.06. The molecule has 5 nitrogen and oxygen atoms in total. The zero-order valence-electron chi connectivity index (χ0n) is 11.4. The van der Waals surface area contributed by atoms with Gasteiger partial charge in [-0.3, -0.25) is 14.7 Å². The lowest BCUT2D eigenvalue weighted by Crippen LogP contribution is -2.52. The maximum Gasteiger partial charge on any atom is 0.253 e. The van der Waals surface area contributed by atoms with Crippen LogP contribution in [-0.2, 0) is 16.1 Å². The molecule has 2 fully saturated rings. The highest BCUT2D eigenvalue weighted by atomic mass is 32.2. The first-order valence-electron chi connectivity index (χ1n) is 6.91. The number of carbonyl (C=O) groups excluding carboxylic acids is 1. The van der Waals surface area contributed by atoms with E-state index in [1.165, 1.54) is 4.88 Å². The van der Waals surface area contributed by atoms with Gasteiger partial charge in [0.1, 0.15) is 6.10 Å². The maximum atomic E-state index is 12.5. The van der Waals surface area contributed by atoms with E-state index >= 15 is 0 Å². The predicted molar refractivity (Wildman–Crippen MR) is 81.0 cm³/mol. The molecule has 0 bridgehead atoms. The molecule has 2 saturated heterocycles. The normalized spacial score (nSPS) is 24.8. The fraction of sp³-hybridized carbons (Fsp3) is 0.692. The molecule has 1 aromatic heterocycles. The molecule has 2 aliphatic heterocycles. The molecule has 1 atom stereocenters. The highest BCUT2D eigenvalue weighted by Crippen LogP contribution is 2.16. The molecule has 0 N–H and O–H groups in total. The van der Waals surface area contributed by atoms with Crippen LogP contribution >= 0.6 is 23.1 Å². The SMILES string of the molecule is O=C(C1CN(Cc2cncs2)CCO1)N1CCSCC1. The van der Waals surface area contributed by atoms with E-state index in [-0.39, 0.29) is 12.0 Å². The first kappa shape index (κ1) is 14.3. The summed E-state index contributed by atoms with van der Waals surface area (Å²) >= 11 is 3.58. The van der Waals surface area contributed by atoms with E-state index in [0.717, 1.165) is 37.7 Å². The molecule has 20 heavy (non-hydrogen) atoms.